The number of carbonyl (C=O) groups excluding carboxylic acids is 1. The molecule has 2 heterocycles. The summed E-state index contributed by atoms with van der Waals surface area (Å²) in [6, 6.07) is 3.63. The van der Waals surface area contributed by atoms with E-state index in [1.165, 1.54) is 17.6 Å². The molecule has 0 aliphatic heterocycles. The number of rotatable bonds is 4. The highest BCUT2D eigenvalue weighted by Crippen LogP contribution is 2.11. The van der Waals surface area contributed by atoms with Gasteiger partial charge in [-0.25, -0.2) is 10.4 Å². The number of pyridine rings is 1. The zero-order valence-electron chi connectivity index (χ0n) is 9.41. The van der Waals surface area contributed by atoms with Gasteiger partial charge in [0, 0.05) is 23.3 Å². The van der Waals surface area contributed by atoms with Gasteiger partial charge in [-0.1, -0.05) is 6.07 Å². The lowest BCUT2D eigenvalue weighted by atomic mass is 10.3. The van der Waals surface area contributed by atoms with E-state index in [-0.39, 0.29) is 12.3 Å². The number of hydrogen-bond donors (Lipinski definition) is 2. The number of nitrogen functional groups attached to an aromatic ring is 1. The number of nitrogens with one attached hydrogen (secondary N) is 1. The van der Waals surface area contributed by atoms with Gasteiger partial charge in [0.15, 0.2) is 5.13 Å². The lowest BCUT2D eigenvalue weighted by molar-refractivity contribution is -0.120. The van der Waals surface area contributed by atoms with E-state index in [1.807, 2.05) is 6.07 Å². The molecular weight excluding hydrogens is 250 g/mol. The molecule has 18 heavy (non-hydrogen) atoms. The van der Waals surface area contributed by atoms with Gasteiger partial charge in [-0.05, 0) is 6.07 Å². The Morgan fingerprint density at radius 2 is 2.50 bits per heavy atom. The van der Waals surface area contributed by atoms with Crippen LogP contribution in [0.4, 0.5) is 5.13 Å². The molecule has 2 rings (SSSR count). The molecule has 0 aromatic carbocycles. The number of hydrazone groups is 1. The standard InChI is InChI=1S/C11H11N5OS/c12-11-15-9(7-18-11)4-10(17)16-14-6-8-2-1-3-13-5-8/h1-3,5-7H,4H2,(H2,12,15)(H,16,17)/b14-6+. The van der Waals surface area contributed by atoms with E-state index in [2.05, 4.69) is 20.5 Å². The summed E-state index contributed by atoms with van der Waals surface area (Å²) in [6.07, 6.45) is 5.01. The first kappa shape index (κ1) is 12.2. The number of anilines is 1. The van der Waals surface area contributed by atoms with Crippen LogP contribution in [0.25, 0.3) is 0 Å². The maximum atomic E-state index is 11.5. The molecule has 0 radical (unpaired) electrons. The third-order valence-corrected chi connectivity index (χ3v) is 2.72. The Kier molecular flexibility index (Phi) is 3.98. The highest BCUT2D eigenvalue weighted by atomic mass is 32.1. The fourth-order valence-electron chi connectivity index (χ4n) is 1.24. The van der Waals surface area contributed by atoms with E-state index >= 15 is 0 Å². The predicted octanol–water partition coefficient (Wildman–Crippen LogP) is 0.813. The maximum absolute atomic E-state index is 11.5. The third kappa shape index (κ3) is 3.63. The Hall–Kier alpha value is -2.28. The molecule has 0 bridgehead atoms. The van der Waals surface area contributed by atoms with Crippen molar-refractivity contribution in [3.8, 4) is 0 Å². The van der Waals surface area contributed by atoms with Crippen molar-refractivity contribution in [3.63, 3.8) is 0 Å². The van der Waals surface area contributed by atoms with Crippen LogP contribution in [-0.2, 0) is 11.2 Å². The molecule has 0 fully saturated rings. The van der Waals surface area contributed by atoms with Crippen LogP contribution in [0.5, 0.6) is 0 Å². The lowest BCUT2D eigenvalue weighted by Crippen LogP contribution is -2.19. The summed E-state index contributed by atoms with van der Waals surface area (Å²) in [5.41, 5.74) is 9.35. The number of hydrogen-bond acceptors (Lipinski definition) is 6. The topological polar surface area (TPSA) is 93.3 Å². The van der Waals surface area contributed by atoms with Crippen LogP contribution in [0.3, 0.4) is 0 Å². The number of thiazole rings is 1. The molecule has 0 saturated carbocycles. The van der Waals surface area contributed by atoms with Crippen molar-refractivity contribution in [2.45, 2.75) is 6.42 Å². The van der Waals surface area contributed by atoms with Crippen LogP contribution in [0, 0.1) is 0 Å². The molecule has 92 valence electrons. The van der Waals surface area contributed by atoms with Crippen LogP contribution in [-0.4, -0.2) is 22.1 Å². The highest BCUT2D eigenvalue weighted by Gasteiger charge is 2.05. The summed E-state index contributed by atoms with van der Waals surface area (Å²) >= 11 is 1.31. The number of amides is 1. The quantitative estimate of drug-likeness (QED) is 0.629. The molecule has 0 spiro atoms. The van der Waals surface area contributed by atoms with E-state index in [0.717, 1.165) is 5.56 Å². The molecule has 2 aromatic rings. The summed E-state index contributed by atoms with van der Waals surface area (Å²) in [5.74, 6) is -0.236. The zero-order valence-corrected chi connectivity index (χ0v) is 10.2. The molecule has 0 atom stereocenters. The second-order valence-corrected chi connectivity index (χ2v) is 4.32. The summed E-state index contributed by atoms with van der Waals surface area (Å²) in [5, 5.41) is 6.03. The van der Waals surface area contributed by atoms with E-state index in [0.29, 0.717) is 10.8 Å². The Labute approximate surface area is 108 Å². The van der Waals surface area contributed by atoms with Crippen molar-refractivity contribution in [1.82, 2.24) is 15.4 Å². The van der Waals surface area contributed by atoms with Crippen LogP contribution in [0.1, 0.15) is 11.3 Å². The normalized spacial score (nSPS) is 10.7. The molecule has 2 aromatic heterocycles. The predicted molar refractivity (Wildman–Crippen MR) is 70.2 cm³/mol. The van der Waals surface area contributed by atoms with Crippen LogP contribution in [0.2, 0.25) is 0 Å². The highest BCUT2D eigenvalue weighted by molar-refractivity contribution is 7.13. The molecule has 0 aliphatic carbocycles. The Morgan fingerprint density at radius 3 is 3.17 bits per heavy atom. The summed E-state index contributed by atoms with van der Waals surface area (Å²) in [6.45, 7) is 0. The second-order valence-electron chi connectivity index (χ2n) is 3.43. The molecule has 0 unspecified atom stereocenters. The van der Waals surface area contributed by atoms with Crippen LogP contribution < -0.4 is 11.2 Å². The van der Waals surface area contributed by atoms with E-state index < -0.39 is 0 Å². The fraction of sp³-hybridized carbons (Fsp3) is 0.0909. The van der Waals surface area contributed by atoms with Crippen molar-refractivity contribution in [3.05, 3.63) is 41.2 Å². The van der Waals surface area contributed by atoms with Crippen molar-refractivity contribution in [2.24, 2.45) is 5.10 Å². The Morgan fingerprint density at radius 1 is 1.61 bits per heavy atom. The van der Waals surface area contributed by atoms with Crippen molar-refractivity contribution in [2.75, 3.05) is 5.73 Å². The SMILES string of the molecule is Nc1nc(CC(=O)N/N=C/c2cccnc2)cs1. The van der Waals surface area contributed by atoms with Crippen molar-refractivity contribution in [1.29, 1.82) is 0 Å². The largest absolute Gasteiger partial charge is 0.375 e. The van der Waals surface area contributed by atoms with Crippen LogP contribution >= 0.6 is 11.3 Å². The number of nitrogens with zero attached hydrogens (tertiary/aromatic N) is 3. The average Bonchev–Trinajstić information content (AvgIpc) is 2.76. The first-order valence-electron chi connectivity index (χ1n) is 5.16. The minimum absolute atomic E-state index is 0.165. The molecule has 6 nitrogen and oxygen atoms in total. The van der Waals surface area contributed by atoms with E-state index in [4.69, 9.17) is 5.73 Å². The Balaban J connectivity index is 1.83. The van der Waals surface area contributed by atoms with E-state index in [9.17, 15) is 4.79 Å². The monoisotopic (exact) mass is 261 g/mol. The molecule has 7 heteroatoms. The van der Waals surface area contributed by atoms with Gasteiger partial charge in [0.2, 0.25) is 5.91 Å². The summed E-state index contributed by atoms with van der Waals surface area (Å²) in [4.78, 5) is 19.4. The van der Waals surface area contributed by atoms with E-state index in [1.54, 1.807) is 23.8 Å². The second kappa shape index (κ2) is 5.87. The first-order valence-corrected chi connectivity index (χ1v) is 6.04. The smallest absolute Gasteiger partial charge is 0.246 e. The lowest BCUT2D eigenvalue weighted by Gasteiger charge is -1.96. The fourth-order valence-corrected chi connectivity index (χ4v) is 1.80. The number of nitrogens with two attached hydrogens (primary N) is 1. The van der Waals surface area contributed by atoms with Gasteiger partial charge in [0.05, 0.1) is 18.3 Å². The van der Waals surface area contributed by atoms with Gasteiger partial charge >= 0.3 is 0 Å². The summed E-state index contributed by atoms with van der Waals surface area (Å²) < 4.78 is 0. The first-order chi connectivity index (χ1) is 8.74. The van der Waals surface area contributed by atoms with Gasteiger partial charge in [0.25, 0.3) is 0 Å². The van der Waals surface area contributed by atoms with Gasteiger partial charge in [0.1, 0.15) is 0 Å². The Bertz CT molecular complexity index is 552. The number of aromatic nitrogens is 2. The minimum Gasteiger partial charge on any atom is -0.375 e. The maximum Gasteiger partial charge on any atom is 0.246 e. The van der Waals surface area contributed by atoms with Crippen molar-refractivity contribution < 1.29 is 4.79 Å². The molecule has 0 saturated heterocycles. The van der Waals surface area contributed by atoms with Crippen molar-refractivity contribution >= 4 is 28.6 Å². The summed E-state index contributed by atoms with van der Waals surface area (Å²) in [7, 11) is 0. The average molecular weight is 261 g/mol. The van der Waals surface area contributed by atoms with Gasteiger partial charge in [-0.3, -0.25) is 9.78 Å². The molecule has 0 aliphatic rings. The van der Waals surface area contributed by atoms with Gasteiger partial charge in [-0.2, -0.15) is 5.10 Å². The van der Waals surface area contributed by atoms with Gasteiger partial charge in [-0.15, -0.1) is 11.3 Å². The molecule has 3 N–H and O–H groups in total. The van der Waals surface area contributed by atoms with Gasteiger partial charge < -0.3 is 5.73 Å². The number of carbonyl (C=O) groups is 1. The molecule has 1 amide bonds. The van der Waals surface area contributed by atoms with Crippen LogP contribution in [0.15, 0.2) is 35.0 Å². The molecular formula is C11H11N5OS. The zero-order chi connectivity index (χ0) is 12.8. The third-order valence-electron chi connectivity index (χ3n) is 2.00. The minimum atomic E-state index is -0.236.